The van der Waals surface area contributed by atoms with Gasteiger partial charge in [0.15, 0.2) is 5.96 Å². The summed E-state index contributed by atoms with van der Waals surface area (Å²) in [5.41, 5.74) is 5.70. The fourth-order valence-corrected chi connectivity index (χ4v) is 1.71. The van der Waals surface area contributed by atoms with Gasteiger partial charge in [-0.3, -0.25) is 4.99 Å². The quantitative estimate of drug-likeness (QED) is 0.503. The van der Waals surface area contributed by atoms with E-state index < -0.39 is 0 Å². The molecule has 1 heterocycles. The number of likely N-dealkylation sites (tertiary alicyclic amines) is 1. The number of aliphatic imine (C=N–C) groups is 1. The van der Waals surface area contributed by atoms with Crippen LogP contribution in [0.1, 0.15) is 19.8 Å². The average molecular weight is 198 g/mol. The Labute approximate surface area is 86.6 Å². The second kappa shape index (κ2) is 5.86. The molecular formula is C10H22N4. The van der Waals surface area contributed by atoms with Crippen molar-refractivity contribution in [3.63, 3.8) is 0 Å². The third kappa shape index (κ3) is 3.96. The van der Waals surface area contributed by atoms with Gasteiger partial charge in [0.25, 0.3) is 0 Å². The number of rotatable bonds is 4. The molecule has 82 valence electrons. The van der Waals surface area contributed by atoms with E-state index in [1.165, 1.54) is 13.0 Å². The monoisotopic (exact) mass is 198 g/mol. The largest absolute Gasteiger partial charge is 0.370 e. The van der Waals surface area contributed by atoms with Crippen LogP contribution in [-0.2, 0) is 0 Å². The van der Waals surface area contributed by atoms with E-state index in [1.54, 1.807) is 0 Å². The molecule has 1 atom stereocenters. The fourth-order valence-electron chi connectivity index (χ4n) is 1.71. The summed E-state index contributed by atoms with van der Waals surface area (Å²) in [6.45, 7) is 6.26. The highest BCUT2D eigenvalue weighted by atomic mass is 15.1. The van der Waals surface area contributed by atoms with E-state index in [4.69, 9.17) is 5.73 Å². The van der Waals surface area contributed by atoms with Crippen molar-refractivity contribution in [2.75, 3.05) is 33.2 Å². The molecule has 0 aromatic carbocycles. The lowest BCUT2D eigenvalue weighted by molar-refractivity contribution is 0.397. The van der Waals surface area contributed by atoms with E-state index in [-0.39, 0.29) is 0 Å². The third-order valence-electron chi connectivity index (χ3n) is 2.56. The van der Waals surface area contributed by atoms with Crippen LogP contribution in [0.15, 0.2) is 4.99 Å². The topological polar surface area (TPSA) is 53.6 Å². The predicted molar refractivity (Wildman–Crippen MR) is 60.4 cm³/mol. The van der Waals surface area contributed by atoms with Crippen LogP contribution in [0.5, 0.6) is 0 Å². The molecule has 1 unspecified atom stereocenters. The van der Waals surface area contributed by atoms with Gasteiger partial charge in [-0.05, 0) is 32.4 Å². The maximum absolute atomic E-state index is 5.70. The summed E-state index contributed by atoms with van der Waals surface area (Å²) < 4.78 is 0. The van der Waals surface area contributed by atoms with E-state index in [9.17, 15) is 0 Å². The Morgan fingerprint density at radius 1 is 1.64 bits per heavy atom. The standard InChI is InChI=1S/C10H22N4/c1-3-5-12-10(11)13-7-9-4-6-14(2)8-9/h9H,3-8H2,1-2H3,(H3,11,12,13). The van der Waals surface area contributed by atoms with Crippen molar-refractivity contribution in [2.24, 2.45) is 16.6 Å². The molecule has 0 bridgehead atoms. The summed E-state index contributed by atoms with van der Waals surface area (Å²) in [4.78, 5) is 6.68. The highest BCUT2D eigenvalue weighted by Crippen LogP contribution is 2.13. The van der Waals surface area contributed by atoms with Gasteiger partial charge in [-0.2, -0.15) is 0 Å². The average Bonchev–Trinajstić information content (AvgIpc) is 2.58. The van der Waals surface area contributed by atoms with E-state index in [2.05, 4.69) is 29.2 Å². The number of hydrogen-bond acceptors (Lipinski definition) is 2. The first-order valence-corrected chi connectivity index (χ1v) is 5.44. The molecule has 4 nitrogen and oxygen atoms in total. The lowest BCUT2D eigenvalue weighted by Gasteiger charge is -2.08. The van der Waals surface area contributed by atoms with Crippen LogP contribution in [0, 0.1) is 5.92 Å². The minimum atomic E-state index is 0.599. The summed E-state index contributed by atoms with van der Waals surface area (Å²) in [6, 6.07) is 0. The van der Waals surface area contributed by atoms with E-state index >= 15 is 0 Å². The number of hydrogen-bond donors (Lipinski definition) is 2. The van der Waals surface area contributed by atoms with Crippen molar-refractivity contribution in [1.82, 2.24) is 10.2 Å². The molecule has 0 amide bonds. The molecule has 0 aromatic rings. The number of nitrogens with zero attached hydrogens (tertiary/aromatic N) is 2. The summed E-state index contributed by atoms with van der Waals surface area (Å²) >= 11 is 0. The first-order chi connectivity index (χ1) is 6.72. The molecular weight excluding hydrogens is 176 g/mol. The van der Waals surface area contributed by atoms with Gasteiger partial charge in [0.1, 0.15) is 0 Å². The van der Waals surface area contributed by atoms with Gasteiger partial charge in [-0.1, -0.05) is 6.92 Å². The first kappa shape index (κ1) is 11.3. The molecule has 0 saturated carbocycles. The molecule has 3 N–H and O–H groups in total. The van der Waals surface area contributed by atoms with E-state index in [1.807, 2.05) is 0 Å². The van der Waals surface area contributed by atoms with Gasteiger partial charge < -0.3 is 16.0 Å². The molecule has 4 heteroatoms. The molecule has 1 aliphatic rings. The maximum atomic E-state index is 5.70. The van der Waals surface area contributed by atoms with Gasteiger partial charge in [0.2, 0.25) is 0 Å². The van der Waals surface area contributed by atoms with Crippen molar-refractivity contribution in [2.45, 2.75) is 19.8 Å². The van der Waals surface area contributed by atoms with Gasteiger partial charge in [-0.15, -0.1) is 0 Å². The Kier molecular flexibility index (Phi) is 4.73. The van der Waals surface area contributed by atoms with Crippen molar-refractivity contribution in [1.29, 1.82) is 0 Å². The number of nitrogens with one attached hydrogen (secondary N) is 1. The van der Waals surface area contributed by atoms with Crippen LogP contribution < -0.4 is 11.1 Å². The molecule has 0 aromatic heterocycles. The van der Waals surface area contributed by atoms with Crippen LogP contribution in [0.3, 0.4) is 0 Å². The smallest absolute Gasteiger partial charge is 0.188 e. The Morgan fingerprint density at radius 3 is 3.00 bits per heavy atom. The Morgan fingerprint density at radius 2 is 2.43 bits per heavy atom. The van der Waals surface area contributed by atoms with E-state index in [0.29, 0.717) is 11.9 Å². The van der Waals surface area contributed by atoms with Crippen molar-refractivity contribution in [3.8, 4) is 0 Å². The van der Waals surface area contributed by atoms with Crippen molar-refractivity contribution >= 4 is 5.96 Å². The molecule has 14 heavy (non-hydrogen) atoms. The third-order valence-corrected chi connectivity index (χ3v) is 2.56. The zero-order chi connectivity index (χ0) is 10.4. The van der Waals surface area contributed by atoms with Crippen LogP contribution in [0.25, 0.3) is 0 Å². The van der Waals surface area contributed by atoms with Gasteiger partial charge >= 0.3 is 0 Å². The molecule has 1 rings (SSSR count). The minimum Gasteiger partial charge on any atom is -0.370 e. The van der Waals surface area contributed by atoms with Crippen LogP contribution in [0.2, 0.25) is 0 Å². The summed E-state index contributed by atoms with van der Waals surface area (Å²) in [6.07, 6.45) is 2.34. The van der Waals surface area contributed by atoms with Crippen LogP contribution >= 0.6 is 0 Å². The Bertz CT molecular complexity index is 191. The normalized spacial score (nSPS) is 24.1. The molecule has 1 saturated heterocycles. The van der Waals surface area contributed by atoms with Crippen molar-refractivity contribution in [3.05, 3.63) is 0 Å². The second-order valence-corrected chi connectivity index (χ2v) is 4.07. The molecule has 0 radical (unpaired) electrons. The fraction of sp³-hybridized carbons (Fsp3) is 0.900. The summed E-state index contributed by atoms with van der Waals surface area (Å²) in [7, 11) is 2.16. The molecule has 1 fully saturated rings. The zero-order valence-corrected chi connectivity index (χ0v) is 9.29. The zero-order valence-electron chi connectivity index (χ0n) is 9.29. The van der Waals surface area contributed by atoms with Crippen molar-refractivity contribution < 1.29 is 0 Å². The summed E-state index contributed by atoms with van der Waals surface area (Å²) in [5.74, 6) is 1.29. The minimum absolute atomic E-state index is 0.599. The second-order valence-electron chi connectivity index (χ2n) is 4.07. The Hall–Kier alpha value is -0.770. The SMILES string of the molecule is CCCNC(N)=NCC1CCN(C)C1. The first-order valence-electron chi connectivity index (χ1n) is 5.44. The molecule has 0 spiro atoms. The lowest BCUT2D eigenvalue weighted by atomic mass is 10.1. The maximum Gasteiger partial charge on any atom is 0.188 e. The highest BCUT2D eigenvalue weighted by Gasteiger charge is 2.18. The molecule has 1 aliphatic heterocycles. The number of nitrogens with two attached hydrogens (primary N) is 1. The predicted octanol–water partition coefficient (Wildman–Crippen LogP) is 0.252. The van der Waals surface area contributed by atoms with Gasteiger partial charge in [-0.25, -0.2) is 0 Å². The van der Waals surface area contributed by atoms with E-state index in [0.717, 1.165) is 26.1 Å². The van der Waals surface area contributed by atoms with Gasteiger partial charge in [0, 0.05) is 19.6 Å². The molecule has 0 aliphatic carbocycles. The van der Waals surface area contributed by atoms with Crippen LogP contribution in [0.4, 0.5) is 0 Å². The Balaban J connectivity index is 2.17. The number of guanidine groups is 1. The van der Waals surface area contributed by atoms with Crippen LogP contribution in [-0.4, -0.2) is 44.1 Å². The lowest BCUT2D eigenvalue weighted by Crippen LogP contribution is -2.32. The highest BCUT2D eigenvalue weighted by molar-refractivity contribution is 5.77. The summed E-state index contributed by atoms with van der Waals surface area (Å²) in [5, 5.41) is 3.08. The van der Waals surface area contributed by atoms with Gasteiger partial charge in [0.05, 0.1) is 0 Å².